The van der Waals surface area contributed by atoms with Gasteiger partial charge in [0.25, 0.3) is 0 Å². The van der Waals surface area contributed by atoms with Crippen LogP contribution < -0.4 is 0 Å². The molecule has 0 saturated carbocycles. The minimum atomic E-state index is -0.0807. The first kappa shape index (κ1) is 14.0. The molecule has 0 unspecified atom stereocenters. The van der Waals surface area contributed by atoms with Gasteiger partial charge in [0.15, 0.2) is 5.82 Å². The molecule has 19 heavy (non-hydrogen) atoms. The van der Waals surface area contributed by atoms with Gasteiger partial charge in [0, 0.05) is 17.0 Å². The van der Waals surface area contributed by atoms with Crippen LogP contribution in [0.2, 0.25) is 10.0 Å². The number of aromatic nitrogens is 3. The van der Waals surface area contributed by atoms with Crippen LogP contribution >= 0.6 is 35.4 Å². The average Bonchev–Trinajstić information content (AvgIpc) is 2.72. The number of H-pyrrole nitrogens is 1. The molecule has 0 bridgehead atoms. The lowest BCUT2D eigenvalue weighted by atomic mass is 10.2. The van der Waals surface area contributed by atoms with Crippen molar-refractivity contribution in [1.82, 2.24) is 14.9 Å². The number of phenolic OH excluding ortho intramolecular Hbond substituents is 1. The third-order valence-corrected chi connectivity index (χ3v) is 3.17. The maximum absolute atomic E-state index is 9.81. The van der Waals surface area contributed by atoms with Gasteiger partial charge in [-0.25, -0.2) is 0 Å². The molecule has 0 atom stereocenters. The summed E-state index contributed by atoms with van der Waals surface area (Å²) in [4.78, 5) is 0. The van der Waals surface area contributed by atoms with E-state index in [0.717, 1.165) is 0 Å². The van der Waals surface area contributed by atoms with Gasteiger partial charge in [0.1, 0.15) is 5.75 Å². The molecule has 100 valence electrons. The Hall–Kier alpha value is -1.37. The lowest BCUT2D eigenvalue weighted by Gasteiger charge is -2.02. The first-order valence-electron chi connectivity index (χ1n) is 5.41. The highest BCUT2D eigenvalue weighted by Gasteiger charge is 2.07. The van der Waals surface area contributed by atoms with Crippen molar-refractivity contribution >= 4 is 41.6 Å². The van der Waals surface area contributed by atoms with E-state index in [0.29, 0.717) is 27.6 Å². The lowest BCUT2D eigenvalue weighted by Crippen LogP contribution is -1.97. The van der Waals surface area contributed by atoms with Crippen LogP contribution in [0.25, 0.3) is 0 Å². The van der Waals surface area contributed by atoms with Gasteiger partial charge >= 0.3 is 0 Å². The molecule has 1 aromatic heterocycles. The summed E-state index contributed by atoms with van der Waals surface area (Å²) in [7, 11) is 0. The van der Waals surface area contributed by atoms with Crippen molar-refractivity contribution in [3.63, 3.8) is 0 Å². The van der Waals surface area contributed by atoms with Crippen LogP contribution in [0.3, 0.4) is 0 Å². The highest BCUT2D eigenvalue weighted by Crippen LogP contribution is 2.30. The van der Waals surface area contributed by atoms with Crippen LogP contribution in [0, 0.1) is 4.77 Å². The minimum Gasteiger partial charge on any atom is -0.506 e. The zero-order valence-electron chi connectivity index (χ0n) is 9.89. The highest BCUT2D eigenvalue weighted by atomic mass is 35.5. The Balaban J connectivity index is 2.43. The number of phenols is 1. The van der Waals surface area contributed by atoms with E-state index in [2.05, 4.69) is 15.3 Å². The number of aromatic hydroxyl groups is 1. The summed E-state index contributed by atoms with van der Waals surface area (Å²) in [6.45, 7) is 1.94. The predicted molar refractivity (Wildman–Crippen MR) is 77.9 cm³/mol. The van der Waals surface area contributed by atoms with E-state index in [1.807, 2.05) is 6.92 Å². The van der Waals surface area contributed by atoms with E-state index in [1.54, 1.807) is 6.07 Å². The van der Waals surface area contributed by atoms with Crippen molar-refractivity contribution in [2.24, 2.45) is 5.10 Å². The molecule has 0 fully saturated rings. The molecule has 0 aliphatic carbocycles. The molecule has 0 spiro atoms. The van der Waals surface area contributed by atoms with Gasteiger partial charge in [-0.05, 0) is 24.4 Å². The lowest BCUT2D eigenvalue weighted by molar-refractivity contribution is 0.474. The average molecular weight is 317 g/mol. The summed E-state index contributed by atoms with van der Waals surface area (Å²) in [5, 5.41) is 21.2. The Morgan fingerprint density at radius 2 is 2.26 bits per heavy atom. The van der Waals surface area contributed by atoms with Crippen LogP contribution in [-0.2, 0) is 6.42 Å². The molecule has 0 aliphatic rings. The van der Waals surface area contributed by atoms with Gasteiger partial charge in [0.2, 0.25) is 4.77 Å². The van der Waals surface area contributed by atoms with Crippen molar-refractivity contribution in [1.29, 1.82) is 0 Å². The second-order valence-electron chi connectivity index (χ2n) is 3.68. The maximum Gasteiger partial charge on any atom is 0.216 e. The molecule has 8 heteroatoms. The smallest absolute Gasteiger partial charge is 0.216 e. The minimum absolute atomic E-state index is 0.0807. The van der Waals surface area contributed by atoms with Gasteiger partial charge in [-0.2, -0.15) is 14.9 Å². The third-order valence-electron chi connectivity index (χ3n) is 2.40. The molecule has 0 aliphatic heterocycles. The summed E-state index contributed by atoms with van der Waals surface area (Å²) < 4.78 is 1.85. The standard InChI is InChI=1S/C11H10Cl2N4OS/c1-2-9-15-16-11(19)17(9)14-5-6-3-7(12)4-8(13)10(6)18/h3-5,18H,2H2,1H3,(H,16,19)/b14-5+. The number of nitrogens with zero attached hydrogens (tertiary/aromatic N) is 3. The van der Waals surface area contributed by atoms with Crippen LogP contribution in [0.4, 0.5) is 0 Å². The molecular weight excluding hydrogens is 307 g/mol. The quantitative estimate of drug-likeness (QED) is 0.673. The Morgan fingerprint density at radius 1 is 1.53 bits per heavy atom. The fourth-order valence-electron chi connectivity index (χ4n) is 1.48. The van der Waals surface area contributed by atoms with Crippen LogP contribution in [0.1, 0.15) is 18.3 Å². The normalized spacial score (nSPS) is 11.3. The van der Waals surface area contributed by atoms with Crippen molar-refractivity contribution in [3.05, 3.63) is 38.3 Å². The highest BCUT2D eigenvalue weighted by molar-refractivity contribution is 7.71. The summed E-state index contributed by atoms with van der Waals surface area (Å²) in [5.41, 5.74) is 0.405. The van der Waals surface area contributed by atoms with Gasteiger partial charge in [-0.3, -0.25) is 5.10 Å². The first-order valence-corrected chi connectivity index (χ1v) is 6.58. The van der Waals surface area contributed by atoms with E-state index in [4.69, 9.17) is 35.4 Å². The molecule has 2 rings (SSSR count). The second-order valence-corrected chi connectivity index (χ2v) is 4.91. The predicted octanol–water partition coefficient (Wildman–Crippen LogP) is 3.40. The number of benzene rings is 1. The third kappa shape index (κ3) is 2.97. The number of halogens is 2. The molecule has 0 saturated heterocycles. The summed E-state index contributed by atoms with van der Waals surface area (Å²) in [6, 6.07) is 3.01. The van der Waals surface area contributed by atoms with Gasteiger partial charge < -0.3 is 5.11 Å². The number of aryl methyl sites for hydroxylation is 1. The summed E-state index contributed by atoms with van der Waals surface area (Å²) in [5.74, 6) is 0.608. The topological polar surface area (TPSA) is 66.2 Å². The molecule has 1 aromatic carbocycles. The van der Waals surface area contributed by atoms with E-state index in [1.165, 1.54) is 17.0 Å². The molecule has 1 heterocycles. The maximum atomic E-state index is 9.81. The molecular formula is C11H10Cl2N4OS. The van der Waals surface area contributed by atoms with Crippen LogP contribution in [0.15, 0.2) is 17.2 Å². The van der Waals surface area contributed by atoms with E-state index >= 15 is 0 Å². The largest absolute Gasteiger partial charge is 0.506 e. The summed E-state index contributed by atoms with van der Waals surface area (Å²) >= 11 is 16.8. The SMILES string of the molecule is CCc1n[nH]c(=S)n1/N=C/c1cc(Cl)cc(Cl)c1O. The van der Waals surface area contributed by atoms with Crippen LogP contribution in [-0.4, -0.2) is 26.2 Å². The summed E-state index contributed by atoms with van der Waals surface area (Å²) in [6.07, 6.45) is 2.10. The Kier molecular flexibility index (Phi) is 4.24. The number of aromatic amines is 1. The van der Waals surface area contributed by atoms with Crippen molar-refractivity contribution in [2.45, 2.75) is 13.3 Å². The molecule has 2 N–H and O–H groups in total. The zero-order chi connectivity index (χ0) is 14.0. The van der Waals surface area contributed by atoms with Gasteiger partial charge in [-0.15, -0.1) is 0 Å². The Morgan fingerprint density at radius 3 is 2.95 bits per heavy atom. The zero-order valence-corrected chi connectivity index (χ0v) is 12.2. The van der Waals surface area contributed by atoms with Crippen molar-refractivity contribution < 1.29 is 5.11 Å². The fraction of sp³-hybridized carbons (Fsp3) is 0.182. The molecule has 5 nitrogen and oxygen atoms in total. The number of hydrogen-bond donors (Lipinski definition) is 2. The second kappa shape index (κ2) is 5.73. The molecule has 0 amide bonds. The van der Waals surface area contributed by atoms with Crippen LogP contribution in [0.5, 0.6) is 5.75 Å². The Labute approximate surface area is 124 Å². The number of nitrogens with one attached hydrogen (secondary N) is 1. The van der Waals surface area contributed by atoms with Gasteiger partial charge in [0.05, 0.1) is 11.2 Å². The molecule has 0 radical (unpaired) electrons. The fourth-order valence-corrected chi connectivity index (χ4v) is 2.18. The van der Waals surface area contributed by atoms with E-state index < -0.39 is 0 Å². The first-order chi connectivity index (χ1) is 9.02. The number of rotatable bonds is 3. The van der Waals surface area contributed by atoms with E-state index in [9.17, 15) is 5.11 Å². The molecule has 2 aromatic rings. The van der Waals surface area contributed by atoms with E-state index in [-0.39, 0.29) is 10.8 Å². The number of hydrogen-bond acceptors (Lipinski definition) is 4. The monoisotopic (exact) mass is 316 g/mol. The van der Waals surface area contributed by atoms with Crippen molar-refractivity contribution in [3.8, 4) is 5.75 Å². The van der Waals surface area contributed by atoms with Gasteiger partial charge in [-0.1, -0.05) is 30.1 Å². The van der Waals surface area contributed by atoms with Crippen molar-refractivity contribution in [2.75, 3.05) is 0 Å². The Bertz CT molecular complexity index is 692.